The van der Waals surface area contributed by atoms with Crippen molar-refractivity contribution in [3.63, 3.8) is 0 Å². The molecule has 168 valence electrons. The van der Waals surface area contributed by atoms with E-state index in [1.54, 1.807) is 13.0 Å². The van der Waals surface area contributed by atoms with Gasteiger partial charge in [-0.1, -0.05) is 23.8 Å². The molecule has 2 atom stereocenters. The Hall–Kier alpha value is -3.19. The van der Waals surface area contributed by atoms with Crippen molar-refractivity contribution < 1.29 is 43.0 Å². The van der Waals surface area contributed by atoms with Crippen LogP contribution in [0.25, 0.3) is 0 Å². The van der Waals surface area contributed by atoms with E-state index >= 15 is 0 Å². The maximum absolute atomic E-state index is 11.6. The van der Waals surface area contributed by atoms with Crippen LogP contribution in [-0.4, -0.2) is 58.4 Å². The van der Waals surface area contributed by atoms with Crippen LogP contribution < -0.4 is 10.6 Å². The minimum Gasteiger partial charge on any atom is -0.508 e. The van der Waals surface area contributed by atoms with Gasteiger partial charge in [-0.15, -0.1) is 0 Å². The Morgan fingerprint density at radius 2 is 1.42 bits per heavy atom. The smallest absolute Gasteiger partial charge is 0.325 e. The molecule has 7 N–H and O–H groups in total. The number of aryl methyl sites for hydroxylation is 1. The summed E-state index contributed by atoms with van der Waals surface area (Å²) >= 11 is 0. The van der Waals surface area contributed by atoms with Crippen molar-refractivity contribution in [3.8, 4) is 11.5 Å². The fourth-order valence-corrected chi connectivity index (χ4v) is 3.43. The van der Waals surface area contributed by atoms with E-state index in [2.05, 4.69) is 10.6 Å². The van der Waals surface area contributed by atoms with Gasteiger partial charge in [-0.25, -0.2) is 0 Å². The molecule has 0 aromatic heterocycles. The lowest BCUT2D eigenvalue weighted by molar-refractivity contribution is -0.141. The SMILES string of the molecule is Cc1ccc(O)c(C(NCCNC(C(=O)O)c2ccc(S(=O)(=O)O)cc2O)C(=O)O)c1. The number of aliphatic carboxylic acids is 2. The first-order valence-corrected chi connectivity index (χ1v) is 10.4. The molecule has 0 spiro atoms. The van der Waals surface area contributed by atoms with Crippen LogP contribution in [0.3, 0.4) is 0 Å². The normalized spacial score (nSPS) is 13.5. The van der Waals surface area contributed by atoms with E-state index in [9.17, 15) is 38.4 Å². The first-order chi connectivity index (χ1) is 14.4. The Bertz CT molecular complexity index is 1090. The van der Waals surface area contributed by atoms with Crippen LogP contribution in [0.5, 0.6) is 11.5 Å². The molecule has 0 bridgehead atoms. The molecular formula is C19H22N2O9S. The van der Waals surface area contributed by atoms with Crippen molar-refractivity contribution in [2.24, 2.45) is 0 Å². The fraction of sp³-hybridized carbons (Fsp3) is 0.263. The summed E-state index contributed by atoms with van der Waals surface area (Å²) in [6.07, 6.45) is 0. The van der Waals surface area contributed by atoms with Crippen LogP contribution in [-0.2, 0) is 19.7 Å². The van der Waals surface area contributed by atoms with E-state index in [1.807, 2.05) is 0 Å². The van der Waals surface area contributed by atoms with Crippen LogP contribution in [0.4, 0.5) is 0 Å². The second-order valence-corrected chi connectivity index (χ2v) is 8.13. The first-order valence-electron chi connectivity index (χ1n) is 8.94. The summed E-state index contributed by atoms with van der Waals surface area (Å²) in [5.74, 6) is -3.48. The molecular weight excluding hydrogens is 432 g/mol. The summed E-state index contributed by atoms with van der Waals surface area (Å²) in [5.41, 5.74) is 0.750. The highest BCUT2D eigenvalue weighted by molar-refractivity contribution is 7.85. The maximum Gasteiger partial charge on any atom is 0.325 e. The second kappa shape index (κ2) is 9.75. The molecule has 2 aromatic rings. The number of carboxylic acids is 2. The van der Waals surface area contributed by atoms with Crippen LogP contribution in [0, 0.1) is 6.92 Å². The average molecular weight is 454 g/mol. The average Bonchev–Trinajstić information content (AvgIpc) is 2.66. The predicted octanol–water partition coefficient (Wildman–Crippen LogP) is 0.784. The standard InChI is InChI=1S/C19H22N2O9S/c1-10-2-5-14(22)13(8-10)17(19(26)27)21-7-6-20-16(18(24)25)12-4-3-11(9-15(12)23)31(28,29)30/h2-5,8-9,16-17,20-23H,6-7H2,1H3,(H,24,25)(H,26,27)(H,28,29,30). The lowest BCUT2D eigenvalue weighted by atomic mass is 10.0. The molecule has 0 heterocycles. The van der Waals surface area contributed by atoms with Crippen molar-refractivity contribution >= 4 is 22.1 Å². The van der Waals surface area contributed by atoms with Gasteiger partial charge in [0, 0.05) is 30.3 Å². The molecule has 0 aliphatic rings. The van der Waals surface area contributed by atoms with Gasteiger partial charge in [0.15, 0.2) is 0 Å². The largest absolute Gasteiger partial charge is 0.508 e. The summed E-state index contributed by atoms with van der Waals surface area (Å²) < 4.78 is 31.3. The first kappa shape index (κ1) is 24.1. The molecule has 0 saturated heterocycles. The number of hydrogen-bond donors (Lipinski definition) is 7. The van der Waals surface area contributed by atoms with Crippen molar-refractivity contribution in [2.45, 2.75) is 23.9 Å². The molecule has 2 aromatic carbocycles. The fourth-order valence-electron chi connectivity index (χ4n) is 2.93. The summed E-state index contributed by atoms with van der Waals surface area (Å²) in [7, 11) is -4.57. The van der Waals surface area contributed by atoms with Gasteiger partial charge in [0.1, 0.15) is 23.6 Å². The molecule has 11 nitrogen and oxygen atoms in total. The number of phenols is 2. The second-order valence-electron chi connectivity index (χ2n) is 6.71. The molecule has 0 aliphatic heterocycles. The van der Waals surface area contributed by atoms with Crippen molar-refractivity contribution in [1.82, 2.24) is 10.6 Å². The van der Waals surface area contributed by atoms with Crippen LogP contribution >= 0.6 is 0 Å². The van der Waals surface area contributed by atoms with Gasteiger partial charge in [-0.2, -0.15) is 8.42 Å². The predicted molar refractivity (Wildman–Crippen MR) is 108 cm³/mol. The number of hydrogen-bond acceptors (Lipinski definition) is 8. The van der Waals surface area contributed by atoms with E-state index in [-0.39, 0.29) is 30.0 Å². The van der Waals surface area contributed by atoms with E-state index < -0.39 is 44.8 Å². The lowest BCUT2D eigenvalue weighted by Crippen LogP contribution is -2.37. The third-order valence-corrected chi connectivity index (χ3v) is 5.27. The van der Waals surface area contributed by atoms with Gasteiger partial charge < -0.3 is 20.4 Å². The summed E-state index contributed by atoms with van der Waals surface area (Å²) in [6.45, 7) is 1.67. The number of carbonyl (C=O) groups is 2. The zero-order valence-electron chi connectivity index (χ0n) is 16.3. The topological polar surface area (TPSA) is 193 Å². The number of nitrogens with one attached hydrogen (secondary N) is 2. The summed E-state index contributed by atoms with van der Waals surface area (Å²) in [5, 5.41) is 44.1. The Labute approximate surface area is 177 Å². The maximum atomic E-state index is 11.6. The van der Waals surface area contributed by atoms with E-state index in [0.717, 1.165) is 23.8 Å². The van der Waals surface area contributed by atoms with Gasteiger partial charge in [-0.3, -0.25) is 24.8 Å². The van der Waals surface area contributed by atoms with Crippen LogP contribution in [0.15, 0.2) is 41.3 Å². The van der Waals surface area contributed by atoms with Gasteiger partial charge in [0.05, 0.1) is 4.90 Å². The minimum atomic E-state index is -4.57. The zero-order valence-corrected chi connectivity index (χ0v) is 17.1. The number of rotatable bonds is 10. The highest BCUT2D eigenvalue weighted by atomic mass is 32.2. The minimum absolute atomic E-state index is 0.0159. The summed E-state index contributed by atoms with van der Waals surface area (Å²) in [4.78, 5) is 22.6. The lowest BCUT2D eigenvalue weighted by Gasteiger charge is -2.19. The van der Waals surface area contributed by atoms with Gasteiger partial charge in [0.25, 0.3) is 10.1 Å². The van der Waals surface area contributed by atoms with Gasteiger partial charge in [0.2, 0.25) is 0 Å². The highest BCUT2D eigenvalue weighted by Gasteiger charge is 2.25. The van der Waals surface area contributed by atoms with Crippen molar-refractivity contribution in [2.75, 3.05) is 13.1 Å². The van der Waals surface area contributed by atoms with Gasteiger partial charge in [-0.05, 0) is 19.1 Å². The third-order valence-electron chi connectivity index (χ3n) is 4.42. The Balaban J connectivity index is 2.10. The number of benzene rings is 2. The summed E-state index contributed by atoms with van der Waals surface area (Å²) in [6, 6.07) is 4.55. The van der Waals surface area contributed by atoms with E-state index in [0.29, 0.717) is 0 Å². The zero-order chi connectivity index (χ0) is 23.3. The molecule has 0 radical (unpaired) electrons. The number of carboxylic acid groups (broad SMARTS) is 2. The monoisotopic (exact) mass is 454 g/mol. The Morgan fingerprint density at radius 1 is 0.871 bits per heavy atom. The van der Waals surface area contributed by atoms with Crippen LogP contribution in [0.2, 0.25) is 0 Å². The molecule has 0 aliphatic carbocycles. The van der Waals surface area contributed by atoms with E-state index in [1.165, 1.54) is 12.1 Å². The van der Waals surface area contributed by atoms with Crippen molar-refractivity contribution in [3.05, 3.63) is 53.1 Å². The van der Waals surface area contributed by atoms with E-state index in [4.69, 9.17) is 4.55 Å². The Morgan fingerprint density at radius 3 is 1.90 bits per heavy atom. The molecule has 0 saturated carbocycles. The highest BCUT2D eigenvalue weighted by Crippen LogP contribution is 2.28. The molecule has 0 amide bonds. The van der Waals surface area contributed by atoms with Crippen molar-refractivity contribution in [1.29, 1.82) is 0 Å². The van der Waals surface area contributed by atoms with Gasteiger partial charge >= 0.3 is 11.9 Å². The number of aromatic hydroxyl groups is 2. The molecule has 12 heteroatoms. The third kappa shape index (κ3) is 6.15. The number of phenolic OH excluding ortho intramolecular Hbond substituents is 2. The quantitative estimate of drug-likeness (QED) is 0.198. The Kier molecular flexibility index (Phi) is 7.57. The molecule has 2 rings (SSSR count). The van der Waals surface area contributed by atoms with Crippen LogP contribution in [0.1, 0.15) is 28.8 Å². The molecule has 31 heavy (non-hydrogen) atoms. The molecule has 2 unspecified atom stereocenters. The molecule has 0 fully saturated rings.